The highest BCUT2D eigenvalue weighted by molar-refractivity contribution is 6.47. The molecule has 0 radical (unpaired) electrons. The second-order valence-corrected chi connectivity index (χ2v) is 8.06. The van der Waals surface area contributed by atoms with Gasteiger partial charge in [-0.2, -0.15) is 0 Å². The van der Waals surface area contributed by atoms with Gasteiger partial charge >= 0.3 is 7.12 Å². The molecule has 124 valence electrons. The summed E-state index contributed by atoms with van der Waals surface area (Å²) >= 11 is 0. The largest absolute Gasteiger partial charge is 0.465 e. The number of rotatable bonds is 2. The molecule has 0 saturated carbocycles. The first-order valence-corrected chi connectivity index (χ1v) is 8.88. The van der Waals surface area contributed by atoms with Gasteiger partial charge in [0.1, 0.15) is 0 Å². The van der Waals surface area contributed by atoms with Crippen LogP contribution in [0.5, 0.6) is 0 Å². The van der Waals surface area contributed by atoms with Gasteiger partial charge in [0, 0.05) is 11.7 Å². The lowest BCUT2D eigenvalue weighted by molar-refractivity contribution is 0.00578. The van der Waals surface area contributed by atoms with Crippen molar-refractivity contribution in [2.75, 3.05) is 0 Å². The average Bonchev–Trinajstić information content (AvgIpc) is 3.03. The van der Waals surface area contributed by atoms with Crippen molar-refractivity contribution in [3.05, 3.63) is 71.3 Å². The first kappa shape index (κ1) is 15.9. The topological polar surface area (TPSA) is 18.5 Å². The lowest BCUT2D eigenvalue weighted by Gasteiger charge is -2.32. The van der Waals surface area contributed by atoms with Crippen LogP contribution in [0.25, 0.3) is 0 Å². The molecule has 0 bridgehead atoms. The second kappa shape index (κ2) is 5.47. The Morgan fingerprint density at radius 1 is 0.792 bits per heavy atom. The molecule has 24 heavy (non-hydrogen) atoms. The van der Waals surface area contributed by atoms with E-state index in [1.165, 1.54) is 16.7 Å². The maximum atomic E-state index is 6.37. The van der Waals surface area contributed by atoms with E-state index < -0.39 is 0 Å². The third kappa shape index (κ3) is 2.42. The maximum absolute atomic E-state index is 6.37. The molecule has 2 atom stereocenters. The SMILES string of the molecule is CC1(C)OB([C@@H]2C[C@@H](c3ccccc3)c3ccccc32)OC1(C)C. The van der Waals surface area contributed by atoms with E-state index in [1.54, 1.807) is 0 Å². The summed E-state index contributed by atoms with van der Waals surface area (Å²) < 4.78 is 12.7. The fraction of sp³-hybridized carbons (Fsp3) is 0.429. The highest BCUT2D eigenvalue weighted by atomic mass is 16.7. The predicted molar refractivity (Wildman–Crippen MR) is 98.2 cm³/mol. The molecule has 3 heteroatoms. The summed E-state index contributed by atoms with van der Waals surface area (Å²) in [6.45, 7) is 8.51. The summed E-state index contributed by atoms with van der Waals surface area (Å²) in [5.41, 5.74) is 3.62. The third-order valence-electron chi connectivity index (χ3n) is 6.06. The van der Waals surface area contributed by atoms with Crippen LogP contribution in [0.4, 0.5) is 0 Å². The van der Waals surface area contributed by atoms with Crippen LogP contribution in [0, 0.1) is 0 Å². The molecule has 2 aliphatic rings. The van der Waals surface area contributed by atoms with E-state index in [2.05, 4.69) is 82.3 Å². The molecular formula is C21H25BO2. The van der Waals surface area contributed by atoms with Crippen molar-refractivity contribution < 1.29 is 9.31 Å². The Kier molecular flexibility index (Phi) is 3.63. The van der Waals surface area contributed by atoms with E-state index in [9.17, 15) is 0 Å². The first-order valence-electron chi connectivity index (χ1n) is 8.88. The average molecular weight is 320 g/mol. The Morgan fingerprint density at radius 3 is 1.96 bits per heavy atom. The molecule has 1 aliphatic carbocycles. The van der Waals surface area contributed by atoms with Gasteiger partial charge in [-0.15, -0.1) is 0 Å². The second-order valence-electron chi connectivity index (χ2n) is 8.06. The monoisotopic (exact) mass is 320 g/mol. The molecule has 1 fully saturated rings. The van der Waals surface area contributed by atoms with Gasteiger partial charge in [-0.3, -0.25) is 0 Å². The quantitative estimate of drug-likeness (QED) is 0.730. The first-order chi connectivity index (χ1) is 11.4. The Hall–Kier alpha value is -1.58. The molecule has 0 N–H and O–H groups in total. The van der Waals surface area contributed by atoms with E-state index in [1.807, 2.05) is 0 Å². The normalized spacial score (nSPS) is 27.2. The number of hydrogen-bond acceptors (Lipinski definition) is 2. The lowest BCUT2D eigenvalue weighted by Crippen LogP contribution is -2.41. The van der Waals surface area contributed by atoms with E-state index in [-0.39, 0.29) is 24.1 Å². The Labute approximate surface area is 145 Å². The molecule has 2 aromatic carbocycles. The van der Waals surface area contributed by atoms with Gasteiger partial charge in [0.05, 0.1) is 11.2 Å². The smallest absolute Gasteiger partial charge is 0.403 e. The molecule has 2 nitrogen and oxygen atoms in total. The van der Waals surface area contributed by atoms with Crippen LogP contribution in [0.3, 0.4) is 0 Å². The van der Waals surface area contributed by atoms with Crippen molar-refractivity contribution in [1.29, 1.82) is 0 Å². The Morgan fingerprint density at radius 2 is 1.33 bits per heavy atom. The summed E-state index contributed by atoms with van der Waals surface area (Å²) in [5.74, 6) is 0.707. The minimum atomic E-state index is -0.280. The zero-order valence-electron chi connectivity index (χ0n) is 15.0. The minimum absolute atomic E-state index is 0.176. The molecule has 0 amide bonds. The van der Waals surface area contributed by atoms with Crippen molar-refractivity contribution in [3.8, 4) is 0 Å². The molecule has 1 saturated heterocycles. The molecular weight excluding hydrogens is 295 g/mol. The molecule has 4 rings (SSSR count). The van der Waals surface area contributed by atoms with Crippen LogP contribution >= 0.6 is 0 Å². The Bertz CT molecular complexity index is 723. The highest BCUT2D eigenvalue weighted by Crippen LogP contribution is 2.50. The number of hydrogen-bond donors (Lipinski definition) is 0. The van der Waals surface area contributed by atoms with Gasteiger partial charge in [0.15, 0.2) is 0 Å². The van der Waals surface area contributed by atoms with E-state index in [4.69, 9.17) is 9.31 Å². The summed E-state index contributed by atoms with van der Waals surface area (Å²) in [6, 6.07) is 19.6. The van der Waals surface area contributed by atoms with E-state index >= 15 is 0 Å². The van der Waals surface area contributed by atoms with Gasteiger partial charge in [0.2, 0.25) is 0 Å². The molecule has 0 unspecified atom stereocenters. The van der Waals surface area contributed by atoms with Crippen LogP contribution in [-0.2, 0) is 9.31 Å². The van der Waals surface area contributed by atoms with E-state index in [0.717, 1.165) is 6.42 Å². The zero-order valence-corrected chi connectivity index (χ0v) is 15.0. The van der Waals surface area contributed by atoms with Crippen LogP contribution in [0.15, 0.2) is 54.6 Å². The van der Waals surface area contributed by atoms with Crippen LogP contribution < -0.4 is 0 Å². The fourth-order valence-corrected chi connectivity index (χ4v) is 3.99. The summed E-state index contributed by atoms with van der Waals surface area (Å²) in [6.07, 6.45) is 1.04. The van der Waals surface area contributed by atoms with Gasteiger partial charge in [-0.1, -0.05) is 54.6 Å². The molecule has 1 aliphatic heterocycles. The van der Waals surface area contributed by atoms with Gasteiger partial charge in [-0.25, -0.2) is 0 Å². The van der Waals surface area contributed by atoms with Crippen LogP contribution in [0.1, 0.15) is 62.5 Å². The zero-order chi connectivity index (χ0) is 16.9. The van der Waals surface area contributed by atoms with E-state index in [0.29, 0.717) is 5.92 Å². The molecule has 0 aromatic heterocycles. The maximum Gasteiger partial charge on any atom is 0.465 e. The Balaban J connectivity index is 1.70. The van der Waals surface area contributed by atoms with Gasteiger partial charge in [0.25, 0.3) is 0 Å². The lowest BCUT2D eigenvalue weighted by atomic mass is 9.68. The van der Waals surface area contributed by atoms with Crippen molar-refractivity contribution >= 4 is 7.12 Å². The van der Waals surface area contributed by atoms with Gasteiger partial charge in [-0.05, 0) is 50.8 Å². The van der Waals surface area contributed by atoms with Crippen LogP contribution in [-0.4, -0.2) is 18.3 Å². The molecule has 0 spiro atoms. The molecule has 1 heterocycles. The van der Waals surface area contributed by atoms with Crippen LogP contribution in [0.2, 0.25) is 0 Å². The standard InChI is InChI=1S/C21H25BO2/c1-20(2)21(3,4)24-22(23-20)19-14-18(15-10-6-5-7-11-15)16-12-8-9-13-17(16)19/h5-13,18-19H,14H2,1-4H3/t18-,19+/m0/s1. The van der Waals surface area contributed by atoms with Crippen molar-refractivity contribution in [1.82, 2.24) is 0 Å². The minimum Gasteiger partial charge on any atom is -0.403 e. The third-order valence-corrected chi connectivity index (χ3v) is 6.06. The summed E-state index contributed by atoms with van der Waals surface area (Å²) in [5, 5.41) is 0. The molecule has 2 aromatic rings. The summed E-state index contributed by atoms with van der Waals surface area (Å²) in [4.78, 5) is 0. The number of fused-ring (bicyclic) bond motifs is 1. The van der Waals surface area contributed by atoms with Gasteiger partial charge < -0.3 is 9.31 Å². The van der Waals surface area contributed by atoms with Crippen molar-refractivity contribution in [3.63, 3.8) is 0 Å². The van der Waals surface area contributed by atoms with Crippen molar-refractivity contribution in [2.24, 2.45) is 0 Å². The highest BCUT2D eigenvalue weighted by Gasteiger charge is 2.55. The number of benzene rings is 2. The fourth-order valence-electron chi connectivity index (χ4n) is 3.99. The summed E-state index contributed by atoms with van der Waals surface area (Å²) in [7, 11) is -0.176. The predicted octanol–water partition coefficient (Wildman–Crippen LogP) is 4.94. The van der Waals surface area contributed by atoms with Crippen molar-refractivity contribution in [2.45, 2.75) is 57.1 Å².